The first kappa shape index (κ1) is 29.5. The van der Waals surface area contributed by atoms with Gasteiger partial charge in [0.15, 0.2) is 5.78 Å². The van der Waals surface area contributed by atoms with Crippen molar-refractivity contribution >= 4 is 43.9 Å². The second kappa shape index (κ2) is 11.5. The molecule has 0 radical (unpaired) electrons. The molecule has 0 N–H and O–H groups in total. The summed E-state index contributed by atoms with van der Waals surface area (Å²) in [5.74, 6) is -3.51. The number of carbonyl (C=O) groups excluding carboxylic acids is 2. The van der Waals surface area contributed by atoms with E-state index in [0.717, 1.165) is 45.1 Å². The van der Waals surface area contributed by atoms with Gasteiger partial charge in [0, 0.05) is 43.7 Å². The van der Waals surface area contributed by atoms with Crippen molar-refractivity contribution in [3.8, 4) is 5.75 Å². The van der Waals surface area contributed by atoms with Crippen LogP contribution in [0.5, 0.6) is 5.75 Å². The third-order valence-corrected chi connectivity index (χ3v) is 9.26. The Hall–Kier alpha value is -3.56. The van der Waals surface area contributed by atoms with Crippen LogP contribution in [0.4, 0.5) is 17.6 Å². The molecule has 1 heterocycles. The lowest BCUT2D eigenvalue weighted by Crippen LogP contribution is -2.42. The van der Waals surface area contributed by atoms with E-state index in [-0.39, 0.29) is 5.56 Å². The van der Waals surface area contributed by atoms with Crippen molar-refractivity contribution in [2.24, 2.45) is 11.8 Å². The minimum atomic E-state index is -4.57. The molecule has 0 saturated carbocycles. The summed E-state index contributed by atoms with van der Waals surface area (Å²) in [5, 5.41) is 0. The van der Waals surface area contributed by atoms with Gasteiger partial charge in [-0.05, 0) is 71.3 Å². The molecule has 0 unspecified atom stereocenters. The number of alkyl halides is 3. The first-order valence-corrected chi connectivity index (χ1v) is 15.0. The number of halogens is 6. The first-order chi connectivity index (χ1) is 20.5. The predicted molar refractivity (Wildman–Crippen MR) is 160 cm³/mol. The van der Waals surface area contributed by atoms with Gasteiger partial charge in [-0.3, -0.25) is 9.59 Å². The third kappa shape index (κ3) is 5.60. The van der Waals surface area contributed by atoms with Crippen molar-refractivity contribution in [2.75, 3.05) is 0 Å². The maximum atomic E-state index is 14.8. The molecule has 4 aromatic rings. The molecule has 218 valence electrons. The number of benzene rings is 4. The van der Waals surface area contributed by atoms with Gasteiger partial charge >= 0.3 is 6.18 Å². The molecule has 0 saturated heterocycles. The number of rotatable bonds is 5. The molecule has 43 heavy (non-hydrogen) atoms. The van der Waals surface area contributed by atoms with E-state index >= 15 is 0 Å². The van der Waals surface area contributed by atoms with Crippen LogP contribution in [-0.4, -0.2) is 12.1 Å². The summed E-state index contributed by atoms with van der Waals surface area (Å²) in [5.41, 5.74) is 1.46. The molecule has 3 nitrogen and oxygen atoms in total. The first-order valence-electron chi connectivity index (χ1n) is 13.4. The molecular formula is C34H22Br2F4O3. The molecule has 0 spiro atoms. The molecule has 0 aromatic heterocycles. The van der Waals surface area contributed by atoms with Crippen LogP contribution in [-0.2, 0) is 11.0 Å². The van der Waals surface area contributed by atoms with E-state index in [4.69, 9.17) is 4.74 Å². The molecule has 0 bridgehead atoms. The van der Waals surface area contributed by atoms with Gasteiger partial charge in [0.05, 0.1) is 5.56 Å². The van der Waals surface area contributed by atoms with Crippen LogP contribution in [0.15, 0.2) is 112 Å². The number of ether oxygens (including phenoxy) is 1. The highest BCUT2D eigenvalue weighted by Gasteiger charge is 2.51. The van der Waals surface area contributed by atoms with Gasteiger partial charge in [0.25, 0.3) is 0 Å². The largest absolute Gasteiger partial charge is 0.485 e. The smallest absolute Gasteiger partial charge is 0.416 e. The van der Waals surface area contributed by atoms with E-state index in [1.165, 1.54) is 18.2 Å². The second-order valence-corrected chi connectivity index (χ2v) is 12.5. The zero-order valence-corrected chi connectivity index (χ0v) is 25.4. The Labute approximate surface area is 261 Å². The van der Waals surface area contributed by atoms with Gasteiger partial charge in [-0.1, -0.05) is 74.3 Å². The lowest BCUT2D eigenvalue weighted by Gasteiger charge is -2.47. The monoisotopic (exact) mass is 712 g/mol. The van der Waals surface area contributed by atoms with Crippen LogP contribution in [0.3, 0.4) is 0 Å². The van der Waals surface area contributed by atoms with Gasteiger partial charge in [0.2, 0.25) is 0 Å². The van der Waals surface area contributed by atoms with E-state index in [1.807, 2.05) is 30.3 Å². The lowest BCUT2D eigenvalue weighted by atomic mass is 9.58. The second-order valence-electron chi connectivity index (χ2n) is 10.7. The summed E-state index contributed by atoms with van der Waals surface area (Å²) in [6.45, 7) is 0. The fraction of sp³-hybridized carbons (Fsp3) is 0.176. The zero-order chi connectivity index (χ0) is 30.5. The average Bonchev–Trinajstić information content (AvgIpc) is 3.00. The highest BCUT2D eigenvalue weighted by atomic mass is 79.9. The van der Waals surface area contributed by atoms with Crippen LogP contribution in [0, 0.1) is 17.7 Å². The standard InChI is InChI=1S/C34H22Br2F4O3/c35-23-9-3-18(4-10-23)29-21(17-41)15-27-30(31(29)32(42)19-1-7-22(8-2-19)34(38,39)40)26-16-25(37)13-14-28(26)43-33(27)20-5-11-24(36)12-6-20/h1-17,27,29-31,33H/t27-,29-,30-,31+,33-/m0/s1. The van der Waals surface area contributed by atoms with Crippen LogP contribution in [0.1, 0.15) is 50.6 Å². The van der Waals surface area contributed by atoms with Crippen LogP contribution >= 0.6 is 31.9 Å². The van der Waals surface area contributed by atoms with Crippen molar-refractivity contribution < 1.29 is 31.9 Å². The quantitative estimate of drug-likeness (QED) is 0.118. The van der Waals surface area contributed by atoms with Crippen molar-refractivity contribution in [1.82, 2.24) is 0 Å². The van der Waals surface area contributed by atoms with Crippen molar-refractivity contribution in [2.45, 2.75) is 24.1 Å². The van der Waals surface area contributed by atoms with Gasteiger partial charge in [-0.25, -0.2) is 4.39 Å². The average molecular weight is 714 g/mol. The molecule has 6 rings (SSSR count). The molecule has 0 amide bonds. The number of ketones is 1. The van der Waals surface area contributed by atoms with Gasteiger partial charge in [-0.15, -0.1) is 0 Å². The SMILES string of the molecule is O=CC1=C[C@H]2[C@H](c3cc(F)ccc3O[C@H]2c2ccc(Br)cc2)[C@H](C(=O)c2ccc(C(F)(F)F)cc2)[C@H]1c1ccc(Br)cc1. The highest BCUT2D eigenvalue weighted by molar-refractivity contribution is 9.10. The summed E-state index contributed by atoms with van der Waals surface area (Å²) in [6, 6.07) is 22.9. The molecule has 5 atom stereocenters. The minimum absolute atomic E-state index is 0.0654. The predicted octanol–water partition coefficient (Wildman–Crippen LogP) is 9.62. The molecule has 0 fully saturated rings. The minimum Gasteiger partial charge on any atom is -0.485 e. The molecule has 1 aliphatic carbocycles. The highest BCUT2D eigenvalue weighted by Crippen LogP contribution is 2.58. The summed E-state index contributed by atoms with van der Waals surface area (Å²) < 4.78 is 62.9. The summed E-state index contributed by atoms with van der Waals surface area (Å²) >= 11 is 6.87. The number of Topliss-reactive ketones (excluding diaryl/α,β-unsaturated/α-hetero) is 1. The Kier molecular flexibility index (Phi) is 7.89. The van der Waals surface area contributed by atoms with Crippen molar-refractivity contribution in [3.63, 3.8) is 0 Å². The van der Waals surface area contributed by atoms with E-state index in [1.54, 1.807) is 24.3 Å². The van der Waals surface area contributed by atoms with E-state index in [9.17, 15) is 27.2 Å². The van der Waals surface area contributed by atoms with E-state index in [2.05, 4.69) is 31.9 Å². The molecule has 2 aliphatic rings. The lowest BCUT2D eigenvalue weighted by molar-refractivity contribution is -0.137. The fourth-order valence-corrected chi connectivity index (χ4v) is 6.85. The number of allylic oxidation sites excluding steroid dienone is 1. The third-order valence-electron chi connectivity index (χ3n) is 8.20. The Morgan fingerprint density at radius 3 is 2.00 bits per heavy atom. The molecular weight excluding hydrogens is 692 g/mol. The molecule has 4 aromatic carbocycles. The normalized spacial score (nSPS) is 22.9. The van der Waals surface area contributed by atoms with E-state index < -0.39 is 53.1 Å². The van der Waals surface area contributed by atoms with Gasteiger partial charge < -0.3 is 4.74 Å². The van der Waals surface area contributed by atoms with Crippen molar-refractivity contribution in [1.29, 1.82) is 0 Å². The maximum absolute atomic E-state index is 14.8. The summed E-state index contributed by atoms with van der Waals surface area (Å²) in [4.78, 5) is 27.2. The Balaban J connectivity index is 1.58. The number of aldehydes is 1. The van der Waals surface area contributed by atoms with Crippen LogP contribution < -0.4 is 4.74 Å². The summed E-state index contributed by atoms with van der Waals surface area (Å²) in [7, 11) is 0. The number of carbonyl (C=O) groups is 2. The van der Waals surface area contributed by atoms with Crippen molar-refractivity contribution in [3.05, 3.63) is 145 Å². The molecule has 9 heteroatoms. The Bertz CT molecular complexity index is 1720. The summed E-state index contributed by atoms with van der Waals surface area (Å²) in [6.07, 6.45) is -2.67. The van der Waals surface area contributed by atoms with Crippen LogP contribution in [0.2, 0.25) is 0 Å². The van der Waals surface area contributed by atoms with Gasteiger partial charge in [0.1, 0.15) is 24.0 Å². The van der Waals surface area contributed by atoms with E-state index in [0.29, 0.717) is 22.4 Å². The molecule has 1 aliphatic heterocycles. The van der Waals surface area contributed by atoms with Gasteiger partial charge in [-0.2, -0.15) is 13.2 Å². The zero-order valence-electron chi connectivity index (χ0n) is 22.2. The van der Waals surface area contributed by atoms with Crippen LogP contribution in [0.25, 0.3) is 0 Å². The maximum Gasteiger partial charge on any atom is 0.416 e. The Morgan fingerprint density at radius 1 is 0.814 bits per heavy atom. The number of hydrogen-bond donors (Lipinski definition) is 0. The Morgan fingerprint density at radius 2 is 1.42 bits per heavy atom. The topological polar surface area (TPSA) is 43.4 Å². The fourth-order valence-electron chi connectivity index (χ4n) is 6.32. The number of hydrogen-bond acceptors (Lipinski definition) is 3. The number of fused-ring (bicyclic) bond motifs is 3.